The quantitative estimate of drug-likeness (QED) is 0.847. The van der Waals surface area contributed by atoms with Gasteiger partial charge in [-0.25, -0.2) is 4.39 Å². The molecule has 0 radical (unpaired) electrons. The van der Waals surface area contributed by atoms with Crippen LogP contribution in [-0.4, -0.2) is 24.2 Å². The maximum atomic E-state index is 13.4. The van der Waals surface area contributed by atoms with Crippen LogP contribution in [0.2, 0.25) is 0 Å². The third-order valence-corrected chi connectivity index (χ3v) is 3.36. The lowest BCUT2D eigenvalue weighted by Crippen LogP contribution is -2.26. The number of carboxylic acid groups (broad SMARTS) is 1. The molecular weight excluding hydrogens is 321 g/mol. The number of hydrogen-bond donors (Lipinski definition) is 2. The van der Waals surface area contributed by atoms with Crippen molar-refractivity contribution in [2.45, 2.75) is 18.9 Å². The molecule has 1 unspecified atom stereocenters. The van der Waals surface area contributed by atoms with Gasteiger partial charge < -0.3 is 15.6 Å². The van der Waals surface area contributed by atoms with Crippen LogP contribution in [0.25, 0.3) is 11.1 Å². The summed E-state index contributed by atoms with van der Waals surface area (Å²) < 4.78 is 18.7. The van der Waals surface area contributed by atoms with Gasteiger partial charge in [0.15, 0.2) is 0 Å². The summed E-state index contributed by atoms with van der Waals surface area (Å²) in [5.41, 5.74) is 8.20. The molecule has 0 aliphatic heterocycles. The standard InChI is InChI=1S/C17H18FNO3.ClH/c1-22-16-7-6-13(18)9-15(16)12-4-2-11(3-5-12)8-14(19)10-17(20)21;/h2-7,9,14H,8,10,19H2,1H3,(H,20,21);1H. The van der Waals surface area contributed by atoms with Crippen LogP contribution in [-0.2, 0) is 11.2 Å². The molecule has 0 aromatic heterocycles. The molecule has 0 saturated carbocycles. The van der Waals surface area contributed by atoms with E-state index in [1.165, 1.54) is 19.2 Å². The van der Waals surface area contributed by atoms with E-state index in [9.17, 15) is 9.18 Å². The monoisotopic (exact) mass is 339 g/mol. The predicted molar refractivity (Wildman–Crippen MR) is 89.6 cm³/mol. The van der Waals surface area contributed by atoms with Crippen molar-refractivity contribution in [1.29, 1.82) is 0 Å². The SMILES string of the molecule is COc1ccc(F)cc1-c1ccc(CC(N)CC(=O)O)cc1.Cl. The summed E-state index contributed by atoms with van der Waals surface area (Å²) >= 11 is 0. The van der Waals surface area contributed by atoms with Gasteiger partial charge in [-0.1, -0.05) is 24.3 Å². The second kappa shape index (κ2) is 8.50. The number of rotatable bonds is 6. The van der Waals surface area contributed by atoms with E-state index in [1.807, 2.05) is 24.3 Å². The summed E-state index contributed by atoms with van der Waals surface area (Å²) in [6.45, 7) is 0. The van der Waals surface area contributed by atoms with E-state index in [1.54, 1.807) is 6.07 Å². The molecule has 0 aliphatic rings. The Kier molecular flexibility index (Phi) is 7.00. The number of nitrogens with two attached hydrogens (primary N) is 1. The first kappa shape index (κ1) is 18.9. The lowest BCUT2D eigenvalue weighted by Gasteiger charge is -2.11. The van der Waals surface area contributed by atoms with E-state index < -0.39 is 12.0 Å². The van der Waals surface area contributed by atoms with Gasteiger partial charge in [0.05, 0.1) is 13.5 Å². The van der Waals surface area contributed by atoms with Crippen LogP contribution in [0.5, 0.6) is 5.75 Å². The first-order valence-corrected chi connectivity index (χ1v) is 6.90. The van der Waals surface area contributed by atoms with Gasteiger partial charge in [-0.3, -0.25) is 4.79 Å². The molecule has 2 rings (SSSR count). The minimum atomic E-state index is -0.909. The normalized spacial score (nSPS) is 11.4. The minimum absolute atomic E-state index is 0. The molecule has 4 nitrogen and oxygen atoms in total. The van der Waals surface area contributed by atoms with Gasteiger partial charge in [0, 0.05) is 11.6 Å². The van der Waals surface area contributed by atoms with E-state index in [4.69, 9.17) is 15.6 Å². The Morgan fingerprint density at radius 3 is 2.48 bits per heavy atom. The number of carboxylic acids is 1. The van der Waals surface area contributed by atoms with E-state index in [0.29, 0.717) is 17.7 Å². The lowest BCUT2D eigenvalue weighted by atomic mass is 9.99. The first-order chi connectivity index (χ1) is 10.5. The number of ether oxygens (including phenoxy) is 1. The molecule has 23 heavy (non-hydrogen) atoms. The van der Waals surface area contributed by atoms with Crippen LogP contribution in [0.1, 0.15) is 12.0 Å². The van der Waals surface area contributed by atoms with E-state index >= 15 is 0 Å². The number of methoxy groups -OCH3 is 1. The minimum Gasteiger partial charge on any atom is -0.496 e. The van der Waals surface area contributed by atoms with E-state index in [-0.39, 0.29) is 24.6 Å². The van der Waals surface area contributed by atoms with Crippen LogP contribution >= 0.6 is 12.4 Å². The third-order valence-electron chi connectivity index (χ3n) is 3.36. The molecule has 0 heterocycles. The van der Waals surface area contributed by atoms with Gasteiger partial charge in [-0.15, -0.1) is 12.4 Å². The van der Waals surface area contributed by atoms with Crippen molar-refractivity contribution < 1.29 is 19.0 Å². The van der Waals surface area contributed by atoms with Crippen LogP contribution in [0.4, 0.5) is 4.39 Å². The molecule has 0 amide bonds. The summed E-state index contributed by atoms with van der Waals surface area (Å²) in [6.07, 6.45) is 0.409. The van der Waals surface area contributed by atoms with Crippen molar-refractivity contribution in [3.8, 4) is 16.9 Å². The fourth-order valence-electron chi connectivity index (χ4n) is 2.33. The topological polar surface area (TPSA) is 72.5 Å². The summed E-state index contributed by atoms with van der Waals surface area (Å²) in [5, 5.41) is 8.71. The van der Waals surface area contributed by atoms with E-state index in [0.717, 1.165) is 11.1 Å². The van der Waals surface area contributed by atoms with Gasteiger partial charge in [-0.05, 0) is 35.7 Å². The largest absolute Gasteiger partial charge is 0.496 e. The number of benzene rings is 2. The average Bonchev–Trinajstić information content (AvgIpc) is 2.47. The molecule has 0 saturated heterocycles. The summed E-state index contributed by atoms with van der Waals surface area (Å²) in [4.78, 5) is 10.6. The molecule has 1 atom stereocenters. The second-order valence-electron chi connectivity index (χ2n) is 5.10. The third kappa shape index (κ3) is 5.23. The molecule has 0 fully saturated rings. The maximum absolute atomic E-state index is 13.4. The predicted octanol–water partition coefficient (Wildman–Crippen LogP) is 3.27. The Balaban J connectivity index is 0.00000264. The van der Waals surface area contributed by atoms with E-state index in [2.05, 4.69) is 0 Å². The zero-order valence-corrected chi connectivity index (χ0v) is 13.5. The Hall–Kier alpha value is -2.11. The van der Waals surface area contributed by atoms with Crippen LogP contribution in [0.15, 0.2) is 42.5 Å². The average molecular weight is 340 g/mol. The van der Waals surface area contributed by atoms with Gasteiger partial charge in [0.1, 0.15) is 11.6 Å². The highest BCUT2D eigenvalue weighted by Gasteiger charge is 2.10. The highest BCUT2D eigenvalue weighted by molar-refractivity contribution is 5.85. The molecule has 0 aliphatic carbocycles. The molecule has 2 aromatic rings. The first-order valence-electron chi connectivity index (χ1n) is 6.90. The Labute approximate surface area is 140 Å². The number of hydrogen-bond acceptors (Lipinski definition) is 3. The molecular formula is C17H19ClFNO3. The molecule has 2 aromatic carbocycles. The highest BCUT2D eigenvalue weighted by atomic mass is 35.5. The Morgan fingerprint density at radius 2 is 1.91 bits per heavy atom. The summed E-state index contributed by atoms with van der Waals surface area (Å²) in [5.74, 6) is -0.645. The highest BCUT2D eigenvalue weighted by Crippen LogP contribution is 2.30. The molecule has 124 valence electrons. The van der Waals surface area contributed by atoms with Crippen molar-refractivity contribution in [3.63, 3.8) is 0 Å². The fourth-order valence-corrected chi connectivity index (χ4v) is 2.33. The zero-order valence-electron chi connectivity index (χ0n) is 12.7. The van der Waals surface area contributed by atoms with Crippen LogP contribution < -0.4 is 10.5 Å². The summed E-state index contributed by atoms with van der Waals surface area (Å²) in [7, 11) is 1.54. The number of carbonyl (C=O) groups is 1. The van der Waals surface area contributed by atoms with Crippen molar-refractivity contribution >= 4 is 18.4 Å². The molecule has 6 heteroatoms. The zero-order chi connectivity index (χ0) is 16.1. The van der Waals surface area contributed by atoms with Crippen molar-refractivity contribution in [1.82, 2.24) is 0 Å². The van der Waals surface area contributed by atoms with Gasteiger partial charge in [-0.2, -0.15) is 0 Å². The number of aliphatic carboxylic acids is 1. The van der Waals surface area contributed by atoms with Gasteiger partial charge >= 0.3 is 5.97 Å². The molecule has 0 bridgehead atoms. The lowest BCUT2D eigenvalue weighted by molar-refractivity contribution is -0.137. The summed E-state index contributed by atoms with van der Waals surface area (Å²) in [6, 6.07) is 11.3. The second-order valence-corrected chi connectivity index (χ2v) is 5.10. The molecule has 3 N–H and O–H groups in total. The van der Waals surface area contributed by atoms with Crippen LogP contribution in [0, 0.1) is 5.82 Å². The van der Waals surface area contributed by atoms with Crippen molar-refractivity contribution in [2.75, 3.05) is 7.11 Å². The maximum Gasteiger partial charge on any atom is 0.304 e. The number of halogens is 2. The van der Waals surface area contributed by atoms with Crippen molar-refractivity contribution in [2.24, 2.45) is 5.73 Å². The molecule has 0 spiro atoms. The Bertz CT molecular complexity index is 661. The smallest absolute Gasteiger partial charge is 0.304 e. The fraction of sp³-hybridized carbons (Fsp3) is 0.235. The van der Waals surface area contributed by atoms with Gasteiger partial charge in [0.25, 0.3) is 0 Å². The van der Waals surface area contributed by atoms with Crippen molar-refractivity contribution in [3.05, 3.63) is 53.8 Å². The van der Waals surface area contributed by atoms with Crippen LogP contribution in [0.3, 0.4) is 0 Å². The Morgan fingerprint density at radius 1 is 1.26 bits per heavy atom. The van der Waals surface area contributed by atoms with Gasteiger partial charge in [0.2, 0.25) is 0 Å².